The van der Waals surface area contributed by atoms with Crippen LogP contribution in [0.25, 0.3) is 10.9 Å². The molecule has 0 spiro atoms. The van der Waals surface area contributed by atoms with E-state index in [9.17, 15) is 4.39 Å². The standard InChI is InChI=1S/C10H11NO.CH3F/c1-11-6-5-8-7-9(12-2)3-4-10(8)11;1-2/h3-7H,1-2H3;1H3. The zero-order chi connectivity index (χ0) is 10.6. The molecule has 2 rings (SSSR count). The summed E-state index contributed by atoms with van der Waals surface area (Å²) in [5, 5.41) is 1.22. The van der Waals surface area contributed by atoms with Gasteiger partial charge in [-0.1, -0.05) is 0 Å². The van der Waals surface area contributed by atoms with Crippen LogP contribution in [0.1, 0.15) is 0 Å². The molecule has 0 aliphatic heterocycles. The van der Waals surface area contributed by atoms with Crippen LogP contribution < -0.4 is 4.74 Å². The van der Waals surface area contributed by atoms with E-state index < -0.39 is 0 Å². The molecule has 2 nitrogen and oxygen atoms in total. The van der Waals surface area contributed by atoms with Crippen LogP contribution in [-0.2, 0) is 7.05 Å². The van der Waals surface area contributed by atoms with E-state index in [1.165, 1.54) is 10.9 Å². The van der Waals surface area contributed by atoms with Crippen molar-refractivity contribution in [1.29, 1.82) is 0 Å². The van der Waals surface area contributed by atoms with Gasteiger partial charge in [0.25, 0.3) is 0 Å². The highest BCUT2D eigenvalue weighted by atomic mass is 19.1. The molecule has 0 atom stereocenters. The first-order chi connectivity index (χ1) is 6.81. The first-order valence-electron chi connectivity index (χ1n) is 4.28. The van der Waals surface area contributed by atoms with E-state index in [2.05, 4.69) is 16.7 Å². The number of nitrogens with zero attached hydrogens (tertiary/aromatic N) is 1. The van der Waals surface area contributed by atoms with Crippen LogP contribution in [0, 0.1) is 0 Å². The minimum Gasteiger partial charge on any atom is -0.497 e. The van der Waals surface area contributed by atoms with E-state index in [4.69, 9.17) is 4.74 Å². The zero-order valence-electron chi connectivity index (χ0n) is 8.62. The molecule has 1 heterocycles. The highest BCUT2D eigenvalue weighted by Gasteiger charge is 1.98. The third-order valence-corrected chi connectivity index (χ3v) is 2.09. The molecular formula is C11H14FNO. The van der Waals surface area contributed by atoms with E-state index in [-0.39, 0.29) is 0 Å². The zero-order valence-corrected chi connectivity index (χ0v) is 8.62. The molecule has 0 amide bonds. The van der Waals surface area contributed by atoms with E-state index in [1.807, 2.05) is 25.4 Å². The van der Waals surface area contributed by atoms with Crippen molar-refractivity contribution in [3.63, 3.8) is 0 Å². The number of ether oxygens (including phenoxy) is 1. The summed E-state index contributed by atoms with van der Waals surface area (Å²) >= 11 is 0. The Balaban J connectivity index is 0.000000461. The Morgan fingerprint density at radius 1 is 1.21 bits per heavy atom. The molecular weight excluding hydrogens is 181 g/mol. The summed E-state index contributed by atoms with van der Waals surface area (Å²) in [6, 6.07) is 8.16. The van der Waals surface area contributed by atoms with Gasteiger partial charge in [0.05, 0.1) is 14.3 Å². The lowest BCUT2D eigenvalue weighted by atomic mass is 10.2. The number of aromatic nitrogens is 1. The first-order valence-corrected chi connectivity index (χ1v) is 4.28. The Hall–Kier alpha value is -1.51. The van der Waals surface area contributed by atoms with Gasteiger partial charge in [0.2, 0.25) is 0 Å². The monoisotopic (exact) mass is 195 g/mol. The molecule has 0 fully saturated rings. The summed E-state index contributed by atoms with van der Waals surface area (Å²) in [6.45, 7) is 0. The van der Waals surface area contributed by atoms with Gasteiger partial charge in [0.15, 0.2) is 0 Å². The van der Waals surface area contributed by atoms with Gasteiger partial charge in [-0.3, -0.25) is 4.39 Å². The van der Waals surface area contributed by atoms with Crippen LogP contribution in [-0.4, -0.2) is 18.9 Å². The van der Waals surface area contributed by atoms with Crippen molar-refractivity contribution in [2.75, 3.05) is 14.3 Å². The van der Waals surface area contributed by atoms with Crippen molar-refractivity contribution in [3.05, 3.63) is 30.5 Å². The number of benzene rings is 1. The van der Waals surface area contributed by atoms with Crippen LogP contribution in [0.2, 0.25) is 0 Å². The Kier molecular flexibility index (Phi) is 3.51. The fourth-order valence-electron chi connectivity index (χ4n) is 1.39. The molecule has 1 aromatic carbocycles. The van der Waals surface area contributed by atoms with Crippen LogP contribution in [0.3, 0.4) is 0 Å². The maximum atomic E-state index is 9.50. The van der Waals surface area contributed by atoms with Crippen LogP contribution in [0.15, 0.2) is 30.5 Å². The van der Waals surface area contributed by atoms with E-state index in [1.54, 1.807) is 7.11 Å². The SMILES string of the molecule is CF.COc1ccc2c(ccn2C)c1. The Labute approximate surface area is 82.9 Å². The fourth-order valence-corrected chi connectivity index (χ4v) is 1.39. The van der Waals surface area contributed by atoms with Crippen molar-refractivity contribution >= 4 is 10.9 Å². The number of hydrogen-bond donors (Lipinski definition) is 0. The normalized spacial score (nSPS) is 9.43. The second kappa shape index (κ2) is 4.65. The van der Waals surface area contributed by atoms with Gasteiger partial charge in [-0.2, -0.15) is 0 Å². The molecule has 0 radical (unpaired) electrons. The maximum absolute atomic E-state index is 9.50. The molecule has 0 saturated carbocycles. The van der Waals surface area contributed by atoms with Gasteiger partial charge in [-0.05, 0) is 24.3 Å². The van der Waals surface area contributed by atoms with Crippen LogP contribution in [0.5, 0.6) is 5.75 Å². The molecule has 0 unspecified atom stereocenters. The number of methoxy groups -OCH3 is 1. The van der Waals surface area contributed by atoms with Gasteiger partial charge >= 0.3 is 0 Å². The summed E-state index contributed by atoms with van der Waals surface area (Å²) in [6.07, 6.45) is 2.05. The highest BCUT2D eigenvalue weighted by Crippen LogP contribution is 2.20. The predicted octanol–water partition coefficient (Wildman–Crippen LogP) is 2.77. The third kappa shape index (κ3) is 1.87. The smallest absolute Gasteiger partial charge is 0.119 e. The van der Waals surface area contributed by atoms with Crippen molar-refractivity contribution in [3.8, 4) is 5.75 Å². The van der Waals surface area contributed by atoms with Gasteiger partial charge in [0, 0.05) is 24.1 Å². The number of alkyl halides is 1. The predicted molar refractivity (Wildman–Crippen MR) is 56.5 cm³/mol. The lowest BCUT2D eigenvalue weighted by Gasteiger charge is -1.99. The third-order valence-electron chi connectivity index (χ3n) is 2.09. The quantitative estimate of drug-likeness (QED) is 0.682. The molecule has 0 N–H and O–H groups in total. The van der Waals surface area contributed by atoms with Gasteiger partial charge in [-0.15, -0.1) is 0 Å². The second-order valence-corrected chi connectivity index (χ2v) is 2.85. The molecule has 0 saturated heterocycles. The van der Waals surface area contributed by atoms with Crippen LogP contribution >= 0.6 is 0 Å². The summed E-state index contributed by atoms with van der Waals surface area (Å²) < 4.78 is 16.7. The number of rotatable bonds is 1. The van der Waals surface area contributed by atoms with E-state index in [0.29, 0.717) is 7.18 Å². The van der Waals surface area contributed by atoms with Crippen molar-refractivity contribution < 1.29 is 9.13 Å². The minimum atomic E-state index is 0.500. The molecule has 0 aliphatic rings. The van der Waals surface area contributed by atoms with E-state index >= 15 is 0 Å². The topological polar surface area (TPSA) is 14.2 Å². The van der Waals surface area contributed by atoms with Crippen molar-refractivity contribution in [2.45, 2.75) is 0 Å². The summed E-state index contributed by atoms with van der Waals surface area (Å²) in [5.41, 5.74) is 1.23. The average molecular weight is 195 g/mol. The first kappa shape index (κ1) is 10.6. The Bertz CT molecular complexity index is 409. The molecule has 14 heavy (non-hydrogen) atoms. The largest absolute Gasteiger partial charge is 0.497 e. The summed E-state index contributed by atoms with van der Waals surface area (Å²) in [5.74, 6) is 0.911. The molecule has 3 heteroatoms. The Morgan fingerprint density at radius 2 is 1.93 bits per heavy atom. The maximum Gasteiger partial charge on any atom is 0.119 e. The highest BCUT2D eigenvalue weighted by molar-refractivity contribution is 5.81. The molecule has 0 bridgehead atoms. The summed E-state index contributed by atoms with van der Waals surface area (Å²) in [4.78, 5) is 0. The lowest BCUT2D eigenvalue weighted by Crippen LogP contribution is -1.84. The number of aryl methyl sites for hydroxylation is 1. The van der Waals surface area contributed by atoms with Crippen LogP contribution in [0.4, 0.5) is 4.39 Å². The van der Waals surface area contributed by atoms with Crippen molar-refractivity contribution in [1.82, 2.24) is 4.57 Å². The Morgan fingerprint density at radius 3 is 2.57 bits per heavy atom. The second-order valence-electron chi connectivity index (χ2n) is 2.85. The molecule has 0 aliphatic carbocycles. The van der Waals surface area contributed by atoms with Gasteiger partial charge in [0.1, 0.15) is 5.75 Å². The number of fused-ring (bicyclic) bond motifs is 1. The molecule has 2 aromatic rings. The van der Waals surface area contributed by atoms with Crippen molar-refractivity contribution in [2.24, 2.45) is 7.05 Å². The fraction of sp³-hybridized carbons (Fsp3) is 0.273. The molecule has 1 aromatic heterocycles. The minimum absolute atomic E-state index is 0.500. The van der Waals surface area contributed by atoms with Gasteiger partial charge < -0.3 is 9.30 Å². The average Bonchev–Trinajstić information content (AvgIpc) is 2.63. The van der Waals surface area contributed by atoms with Gasteiger partial charge in [-0.25, -0.2) is 0 Å². The number of halogens is 1. The lowest BCUT2D eigenvalue weighted by molar-refractivity contribution is 0.415. The number of hydrogen-bond acceptors (Lipinski definition) is 1. The summed E-state index contributed by atoms with van der Waals surface area (Å²) in [7, 11) is 4.22. The molecule has 76 valence electrons. The van der Waals surface area contributed by atoms with E-state index in [0.717, 1.165) is 5.75 Å².